The summed E-state index contributed by atoms with van der Waals surface area (Å²) in [5.41, 5.74) is 3.00. The zero-order valence-corrected chi connectivity index (χ0v) is 17.2. The summed E-state index contributed by atoms with van der Waals surface area (Å²) in [6.07, 6.45) is -5.32. The highest BCUT2D eigenvalue weighted by Crippen LogP contribution is 2.44. The number of alkyl carbamates (subject to hydrolysis) is 1. The van der Waals surface area contributed by atoms with E-state index in [1.165, 1.54) is 12.1 Å². The number of benzene rings is 3. The summed E-state index contributed by atoms with van der Waals surface area (Å²) >= 11 is 0. The molecule has 1 aliphatic carbocycles. The number of carbonyl (C=O) groups is 1. The van der Waals surface area contributed by atoms with Gasteiger partial charge >= 0.3 is 12.3 Å². The molecule has 3 aromatic carbocycles. The Balaban J connectivity index is 1.36. The summed E-state index contributed by atoms with van der Waals surface area (Å²) in [5.74, 6) is 5.08. The second kappa shape index (κ2) is 9.10. The molecular formula is C26H17F3N2O2. The normalized spacial score (nSPS) is 12.1. The Kier molecular flexibility index (Phi) is 6.06. The van der Waals surface area contributed by atoms with Crippen molar-refractivity contribution in [2.24, 2.45) is 0 Å². The number of carbonyl (C=O) groups excluding carboxylic acids is 1. The molecule has 0 saturated heterocycles. The third kappa shape index (κ3) is 4.68. The predicted molar refractivity (Wildman–Crippen MR) is 116 cm³/mol. The zero-order chi connectivity index (χ0) is 23.4. The zero-order valence-electron chi connectivity index (χ0n) is 17.2. The number of ether oxygens (including phenoxy) is 1. The van der Waals surface area contributed by atoms with E-state index in [0.717, 1.165) is 34.4 Å². The van der Waals surface area contributed by atoms with Crippen LogP contribution >= 0.6 is 0 Å². The van der Waals surface area contributed by atoms with Crippen molar-refractivity contribution < 1.29 is 22.7 Å². The lowest BCUT2D eigenvalue weighted by Gasteiger charge is -2.14. The molecule has 33 heavy (non-hydrogen) atoms. The number of halogens is 3. The number of hydrogen-bond acceptors (Lipinski definition) is 3. The lowest BCUT2D eigenvalue weighted by atomic mass is 9.98. The van der Waals surface area contributed by atoms with Crippen molar-refractivity contribution in [3.63, 3.8) is 0 Å². The standard InChI is InChI=1S/C26H17F3N2O2/c27-26(28,29)24-14-17(11-12-18(24)15-30)6-5-13-31-25(32)33-16-23-21-9-3-1-7-19(21)20-8-2-4-10-22(20)23/h1-4,7-12,14,23H,13,16H2,(H,31,32). The lowest BCUT2D eigenvalue weighted by molar-refractivity contribution is -0.137. The summed E-state index contributed by atoms with van der Waals surface area (Å²) in [6.45, 7) is 0.0515. The van der Waals surface area contributed by atoms with Crippen molar-refractivity contribution in [3.8, 4) is 29.0 Å². The van der Waals surface area contributed by atoms with Gasteiger partial charge in [-0.1, -0.05) is 60.4 Å². The Hall–Kier alpha value is -4.23. The fourth-order valence-corrected chi connectivity index (χ4v) is 3.87. The van der Waals surface area contributed by atoms with Crippen molar-refractivity contribution in [2.75, 3.05) is 13.2 Å². The molecule has 3 aromatic rings. The van der Waals surface area contributed by atoms with Gasteiger partial charge in [-0.25, -0.2) is 4.79 Å². The largest absolute Gasteiger partial charge is 0.449 e. The van der Waals surface area contributed by atoms with Gasteiger partial charge < -0.3 is 10.1 Å². The predicted octanol–water partition coefficient (Wildman–Crippen LogP) is 5.47. The molecule has 1 N–H and O–H groups in total. The van der Waals surface area contributed by atoms with Gasteiger partial charge in [0.1, 0.15) is 6.61 Å². The summed E-state index contributed by atoms with van der Waals surface area (Å²) < 4.78 is 44.5. The van der Waals surface area contributed by atoms with Gasteiger partial charge in [0.05, 0.1) is 23.7 Å². The molecular weight excluding hydrogens is 429 g/mol. The number of amides is 1. The van der Waals surface area contributed by atoms with Crippen LogP contribution < -0.4 is 5.32 Å². The fourth-order valence-electron chi connectivity index (χ4n) is 3.87. The number of nitrogens with zero attached hydrogens (tertiary/aromatic N) is 1. The average molecular weight is 446 g/mol. The molecule has 0 radical (unpaired) electrons. The molecule has 0 saturated carbocycles. The van der Waals surface area contributed by atoms with E-state index in [9.17, 15) is 18.0 Å². The monoisotopic (exact) mass is 446 g/mol. The minimum atomic E-state index is -4.65. The van der Waals surface area contributed by atoms with Gasteiger partial charge in [-0.3, -0.25) is 0 Å². The molecule has 0 unspecified atom stereocenters. The Morgan fingerprint density at radius 2 is 1.64 bits per heavy atom. The van der Waals surface area contributed by atoms with Gasteiger partial charge in [-0.05, 0) is 40.5 Å². The Bertz CT molecular complexity index is 1270. The average Bonchev–Trinajstić information content (AvgIpc) is 3.13. The highest BCUT2D eigenvalue weighted by Gasteiger charge is 2.33. The summed E-state index contributed by atoms with van der Waals surface area (Å²) in [7, 11) is 0. The summed E-state index contributed by atoms with van der Waals surface area (Å²) in [5, 5.41) is 11.3. The van der Waals surface area contributed by atoms with Crippen LogP contribution in [-0.2, 0) is 10.9 Å². The number of nitriles is 1. The first-order valence-electron chi connectivity index (χ1n) is 10.1. The molecule has 0 spiro atoms. The smallest absolute Gasteiger partial charge is 0.417 e. The number of hydrogen-bond donors (Lipinski definition) is 1. The van der Waals surface area contributed by atoms with Crippen molar-refractivity contribution in [1.82, 2.24) is 5.32 Å². The van der Waals surface area contributed by atoms with Crippen LogP contribution in [0.2, 0.25) is 0 Å². The van der Waals surface area contributed by atoms with Crippen LogP contribution in [0.3, 0.4) is 0 Å². The summed E-state index contributed by atoms with van der Waals surface area (Å²) in [6, 6.07) is 20.7. The molecule has 4 rings (SSSR count). The first kappa shape index (κ1) is 22.0. The first-order valence-corrected chi connectivity index (χ1v) is 10.1. The Labute approximate surface area is 188 Å². The van der Waals surface area contributed by atoms with E-state index in [1.807, 2.05) is 48.5 Å². The van der Waals surface area contributed by atoms with Crippen LogP contribution in [0.15, 0.2) is 66.7 Å². The van der Waals surface area contributed by atoms with Crippen LogP contribution in [0.25, 0.3) is 11.1 Å². The van der Waals surface area contributed by atoms with E-state index in [1.54, 1.807) is 0 Å². The van der Waals surface area contributed by atoms with Gasteiger partial charge in [0.15, 0.2) is 0 Å². The fraction of sp³-hybridized carbons (Fsp3) is 0.154. The molecule has 1 aliphatic rings. The first-order chi connectivity index (χ1) is 15.9. The SMILES string of the molecule is N#Cc1ccc(C#CCNC(=O)OCC2c3ccccc3-c3ccccc32)cc1C(F)(F)F. The highest BCUT2D eigenvalue weighted by atomic mass is 19.4. The molecule has 0 heterocycles. The van der Waals surface area contributed by atoms with Crippen LogP contribution in [0.1, 0.15) is 33.7 Å². The number of rotatable bonds is 3. The van der Waals surface area contributed by atoms with Crippen LogP contribution in [0.5, 0.6) is 0 Å². The van der Waals surface area contributed by atoms with E-state index < -0.39 is 23.4 Å². The number of fused-ring (bicyclic) bond motifs is 3. The minimum Gasteiger partial charge on any atom is -0.449 e. The number of alkyl halides is 3. The van der Waals surface area contributed by atoms with Crippen molar-refractivity contribution >= 4 is 6.09 Å². The molecule has 0 fully saturated rings. The van der Waals surface area contributed by atoms with Gasteiger partial charge in [-0.2, -0.15) is 18.4 Å². The maximum absolute atomic E-state index is 13.0. The molecule has 0 aromatic heterocycles. The lowest BCUT2D eigenvalue weighted by Crippen LogP contribution is -2.26. The van der Waals surface area contributed by atoms with Crippen molar-refractivity contribution in [2.45, 2.75) is 12.1 Å². The van der Waals surface area contributed by atoms with Gasteiger partial charge in [0, 0.05) is 11.5 Å². The third-order valence-electron chi connectivity index (χ3n) is 5.34. The highest BCUT2D eigenvalue weighted by molar-refractivity contribution is 5.79. The Morgan fingerprint density at radius 1 is 1.00 bits per heavy atom. The summed E-state index contributed by atoms with van der Waals surface area (Å²) in [4.78, 5) is 12.1. The maximum Gasteiger partial charge on any atom is 0.417 e. The van der Waals surface area contributed by atoms with E-state index in [-0.39, 0.29) is 24.6 Å². The molecule has 4 nitrogen and oxygen atoms in total. The topological polar surface area (TPSA) is 62.1 Å². The molecule has 164 valence electrons. The van der Waals surface area contributed by atoms with Crippen molar-refractivity contribution in [1.29, 1.82) is 5.26 Å². The Morgan fingerprint density at radius 3 is 2.24 bits per heavy atom. The van der Waals surface area contributed by atoms with E-state index >= 15 is 0 Å². The molecule has 0 bridgehead atoms. The third-order valence-corrected chi connectivity index (χ3v) is 5.34. The molecule has 0 atom stereocenters. The number of nitrogens with one attached hydrogen (secondary N) is 1. The van der Waals surface area contributed by atoms with Crippen molar-refractivity contribution in [3.05, 3.63) is 94.5 Å². The van der Waals surface area contributed by atoms with Gasteiger partial charge in [0.25, 0.3) is 0 Å². The van der Waals surface area contributed by atoms with Gasteiger partial charge in [-0.15, -0.1) is 0 Å². The van der Waals surface area contributed by atoms with E-state index in [0.29, 0.717) is 0 Å². The van der Waals surface area contributed by atoms with Gasteiger partial charge in [0.2, 0.25) is 0 Å². The quantitative estimate of drug-likeness (QED) is 0.543. The molecule has 7 heteroatoms. The maximum atomic E-state index is 13.0. The van der Waals surface area contributed by atoms with E-state index in [4.69, 9.17) is 10.00 Å². The second-order valence-electron chi connectivity index (χ2n) is 7.35. The van der Waals surface area contributed by atoms with E-state index in [2.05, 4.69) is 17.2 Å². The van der Waals surface area contributed by atoms with Crippen LogP contribution in [-0.4, -0.2) is 19.2 Å². The molecule has 0 aliphatic heterocycles. The molecule has 1 amide bonds. The minimum absolute atomic E-state index is 0.0753. The second-order valence-corrected chi connectivity index (χ2v) is 7.35. The van der Waals surface area contributed by atoms with Crippen LogP contribution in [0, 0.1) is 23.2 Å². The van der Waals surface area contributed by atoms with Crippen LogP contribution in [0.4, 0.5) is 18.0 Å².